The lowest BCUT2D eigenvalue weighted by atomic mass is 10.2. The number of hydrogen-bond acceptors (Lipinski definition) is 5. The molecule has 0 spiro atoms. The lowest BCUT2D eigenvalue weighted by Gasteiger charge is -2.15. The van der Waals surface area contributed by atoms with Crippen molar-refractivity contribution >= 4 is 11.8 Å². The second-order valence-electron chi connectivity index (χ2n) is 2.65. The lowest BCUT2D eigenvalue weighted by Crippen LogP contribution is -2.31. The molecule has 0 aliphatic carbocycles. The van der Waals surface area contributed by atoms with E-state index in [1.807, 2.05) is 6.26 Å². The van der Waals surface area contributed by atoms with Crippen LogP contribution in [0.1, 0.15) is 0 Å². The van der Waals surface area contributed by atoms with E-state index in [9.17, 15) is 5.11 Å². The molecular formula is C7H14O4S. The summed E-state index contributed by atoms with van der Waals surface area (Å²) in [5.41, 5.74) is 0. The first-order chi connectivity index (χ1) is 5.74. The predicted molar refractivity (Wildman–Crippen MR) is 46.1 cm³/mol. The van der Waals surface area contributed by atoms with E-state index in [0.29, 0.717) is 0 Å². The fraction of sp³-hybridized carbons (Fsp3) is 1.00. The number of methoxy groups -OCH3 is 1. The van der Waals surface area contributed by atoms with Crippen LogP contribution in [0, 0.1) is 0 Å². The zero-order valence-corrected chi connectivity index (χ0v) is 7.95. The average molecular weight is 194 g/mol. The Morgan fingerprint density at radius 3 is 2.58 bits per heavy atom. The van der Waals surface area contributed by atoms with Crippen LogP contribution in [-0.2, 0) is 9.47 Å². The summed E-state index contributed by atoms with van der Waals surface area (Å²) in [4.78, 5) is 0. The van der Waals surface area contributed by atoms with Crippen molar-refractivity contribution in [1.29, 1.82) is 0 Å². The van der Waals surface area contributed by atoms with Crippen molar-refractivity contribution in [2.75, 3.05) is 20.0 Å². The third-order valence-corrected chi connectivity index (χ3v) is 3.02. The molecule has 4 atom stereocenters. The summed E-state index contributed by atoms with van der Waals surface area (Å²) in [6, 6.07) is 0. The molecule has 5 heteroatoms. The van der Waals surface area contributed by atoms with E-state index < -0.39 is 18.5 Å². The van der Waals surface area contributed by atoms with Crippen LogP contribution in [0.15, 0.2) is 0 Å². The Bertz CT molecular complexity index is 141. The number of aliphatic hydroxyl groups is 2. The van der Waals surface area contributed by atoms with Gasteiger partial charge in [-0.1, -0.05) is 0 Å². The summed E-state index contributed by atoms with van der Waals surface area (Å²) in [5, 5.41) is 18.3. The van der Waals surface area contributed by atoms with E-state index in [1.165, 1.54) is 18.9 Å². The molecule has 0 radical (unpaired) electrons. The monoisotopic (exact) mass is 194 g/mol. The first-order valence-electron chi connectivity index (χ1n) is 3.74. The van der Waals surface area contributed by atoms with Gasteiger partial charge in [0.2, 0.25) is 0 Å². The normalized spacial score (nSPS) is 42.0. The van der Waals surface area contributed by atoms with Gasteiger partial charge in [0.1, 0.15) is 6.10 Å². The van der Waals surface area contributed by atoms with Crippen LogP contribution in [0.2, 0.25) is 0 Å². The van der Waals surface area contributed by atoms with Crippen molar-refractivity contribution in [2.24, 2.45) is 0 Å². The van der Waals surface area contributed by atoms with Crippen LogP contribution in [-0.4, -0.2) is 53.9 Å². The van der Waals surface area contributed by atoms with Crippen molar-refractivity contribution < 1.29 is 19.7 Å². The standard InChI is InChI=1S/C7H14O4S/c1-10-7-6(12-2)5(9)4(3-8)11-7/h4-9H,3H2,1-2H3. The zero-order valence-electron chi connectivity index (χ0n) is 7.14. The number of aliphatic hydroxyl groups excluding tert-OH is 2. The summed E-state index contributed by atoms with van der Waals surface area (Å²) >= 11 is 1.48. The Morgan fingerprint density at radius 2 is 2.25 bits per heavy atom. The van der Waals surface area contributed by atoms with Gasteiger partial charge in [0.15, 0.2) is 6.29 Å². The fourth-order valence-electron chi connectivity index (χ4n) is 1.29. The van der Waals surface area contributed by atoms with Crippen molar-refractivity contribution in [3.05, 3.63) is 0 Å². The summed E-state index contributed by atoms with van der Waals surface area (Å²) < 4.78 is 10.2. The average Bonchev–Trinajstić information content (AvgIpc) is 2.41. The molecule has 0 bridgehead atoms. The summed E-state index contributed by atoms with van der Waals surface area (Å²) in [7, 11) is 1.53. The van der Waals surface area contributed by atoms with Gasteiger partial charge >= 0.3 is 0 Å². The largest absolute Gasteiger partial charge is 0.394 e. The molecule has 4 nitrogen and oxygen atoms in total. The second-order valence-corrected chi connectivity index (χ2v) is 3.67. The lowest BCUT2D eigenvalue weighted by molar-refractivity contribution is -0.125. The van der Waals surface area contributed by atoms with Gasteiger partial charge in [0.05, 0.1) is 18.0 Å². The molecule has 0 saturated carbocycles. The summed E-state index contributed by atoms with van der Waals surface area (Å²) in [5.74, 6) is 0. The smallest absolute Gasteiger partial charge is 0.172 e. The molecule has 1 fully saturated rings. The maximum atomic E-state index is 9.56. The Balaban J connectivity index is 2.58. The maximum Gasteiger partial charge on any atom is 0.172 e. The van der Waals surface area contributed by atoms with Crippen molar-refractivity contribution in [3.8, 4) is 0 Å². The maximum absolute atomic E-state index is 9.56. The van der Waals surface area contributed by atoms with Gasteiger partial charge in [-0.3, -0.25) is 0 Å². The molecule has 0 amide bonds. The molecule has 2 N–H and O–H groups in total. The first-order valence-corrected chi connectivity index (χ1v) is 5.03. The molecule has 0 aromatic rings. The molecule has 12 heavy (non-hydrogen) atoms. The molecule has 1 heterocycles. The second kappa shape index (κ2) is 4.43. The molecule has 1 rings (SSSR count). The Hall–Kier alpha value is 0.190. The van der Waals surface area contributed by atoms with E-state index in [4.69, 9.17) is 14.6 Å². The molecule has 1 aliphatic heterocycles. The minimum atomic E-state index is -0.644. The number of thioether (sulfide) groups is 1. The molecular weight excluding hydrogens is 180 g/mol. The van der Waals surface area contributed by atoms with Gasteiger partial charge in [-0.25, -0.2) is 0 Å². The van der Waals surface area contributed by atoms with Crippen LogP contribution < -0.4 is 0 Å². The highest BCUT2D eigenvalue weighted by Crippen LogP contribution is 2.29. The molecule has 0 aromatic heterocycles. The van der Waals surface area contributed by atoms with E-state index in [1.54, 1.807) is 0 Å². The SMILES string of the molecule is COC1OC(CO)C(O)C1SC. The van der Waals surface area contributed by atoms with Crippen molar-refractivity contribution in [2.45, 2.75) is 23.7 Å². The van der Waals surface area contributed by atoms with Crippen LogP contribution in [0.4, 0.5) is 0 Å². The van der Waals surface area contributed by atoms with E-state index in [-0.39, 0.29) is 11.9 Å². The van der Waals surface area contributed by atoms with Crippen LogP contribution in [0.5, 0.6) is 0 Å². The fourth-order valence-corrected chi connectivity index (χ4v) is 2.15. The van der Waals surface area contributed by atoms with Gasteiger partial charge in [0.25, 0.3) is 0 Å². The minimum Gasteiger partial charge on any atom is -0.394 e. The minimum absolute atomic E-state index is 0.104. The van der Waals surface area contributed by atoms with Crippen LogP contribution in [0.25, 0.3) is 0 Å². The molecule has 1 saturated heterocycles. The summed E-state index contributed by atoms with van der Waals surface area (Å²) in [6.45, 7) is -0.169. The van der Waals surface area contributed by atoms with Gasteiger partial charge in [-0.2, -0.15) is 11.8 Å². The van der Waals surface area contributed by atoms with Gasteiger partial charge < -0.3 is 19.7 Å². The van der Waals surface area contributed by atoms with Crippen LogP contribution in [0.3, 0.4) is 0 Å². The number of rotatable bonds is 3. The van der Waals surface area contributed by atoms with E-state index in [2.05, 4.69) is 0 Å². The predicted octanol–water partition coefficient (Wildman–Crippen LogP) is -0.558. The number of hydrogen-bond donors (Lipinski definition) is 2. The number of ether oxygens (including phenoxy) is 2. The molecule has 1 aliphatic rings. The Kier molecular flexibility index (Phi) is 3.79. The highest BCUT2D eigenvalue weighted by molar-refractivity contribution is 7.99. The highest BCUT2D eigenvalue weighted by atomic mass is 32.2. The third-order valence-electron chi connectivity index (χ3n) is 1.98. The quantitative estimate of drug-likeness (QED) is 0.631. The molecule has 4 unspecified atom stereocenters. The Labute approximate surface area is 75.9 Å². The van der Waals surface area contributed by atoms with Gasteiger partial charge in [-0.15, -0.1) is 0 Å². The van der Waals surface area contributed by atoms with Gasteiger partial charge in [-0.05, 0) is 6.26 Å². The topological polar surface area (TPSA) is 58.9 Å². The van der Waals surface area contributed by atoms with Gasteiger partial charge in [0, 0.05) is 7.11 Å². The van der Waals surface area contributed by atoms with Crippen LogP contribution >= 0.6 is 11.8 Å². The molecule has 72 valence electrons. The van der Waals surface area contributed by atoms with E-state index >= 15 is 0 Å². The highest BCUT2D eigenvalue weighted by Gasteiger charge is 2.42. The third kappa shape index (κ3) is 1.75. The Morgan fingerprint density at radius 1 is 1.58 bits per heavy atom. The molecule has 0 aromatic carbocycles. The first kappa shape index (κ1) is 10.3. The van der Waals surface area contributed by atoms with E-state index in [0.717, 1.165) is 0 Å². The van der Waals surface area contributed by atoms with Crippen molar-refractivity contribution in [3.63, 3.8) is 0 Å². The zero-order chi connectivity index (χ0) is 9.14. The summed E-state index contributed by atoms with van der Waals surface area (Å²) in [6.07, 6.45) is 0.317. The van der Waals surface area contributed by atoms with Crippen molar-refractivity contribution in [1.82, 2.24) is 0 Å².